The molecule has 7 nitrogen and oxygen atoms in total. The Hall–Kier alpha value is -2.28. The highest BCUT2D eigenvalue weighted by Crippen LogP contribution is 2.39. The van der Waals surface area contributed by atoms with E-state index in [0.717, 1.165) is 70.2 Å². The summed E-state index contributed by atoms with van der Waals surface area (Å²) in [6, 6.07) is 3.81. The third-order valence-corrected chi connectivity index (χ3v) is 7.14. The van der Waals surface area contributed by atoms with Gasteiger partial charge in [-0.25, -0.2) is 0 Å². The summed E-state index contributed by atoms with van der Waals surface area (Å²) in [5, 5.41) is 4.12. The lowest BCUT2D eigenvalue weighted by Gasteiger charge is -2.46. The second-order valence-corrected chi connectivity index (χ2v) is 9.15. The summed E-state index contributed by atoms with van der Waals surface area (Å²) in [6.07, 6.45) is 12.7. The van der Waals surface area contributed by atoms with Crippen molar-refractivity contribution < 1.29 is 14.1 Å². The number of nitrogens with zero attached hydrogens (tertiary/aromatic N) is 4. The summed E-state index contributed by atoms with van der Waals surface area (Å²) < 4.78 is 11.8. The molecule has 2 aromatic heterocycles. The average molecular weight is 411 g/mol. The predicted molar refractivity (Wildman–Crippen MR) is 110 cm³/mol. The van der Waals surface area contributed by atoms with Gasteiger partial charge in [-0.1, -0.05) is 18.0 Å². The van der Waals surface area contributed by atoms with E-state index < -0.39 is 0 Å². The minimum Gasteiger partial charge on any atom is -0.375 e. The van der Waals surface area contributed by atoms with Crippen LogP contribution < -0.4 is 0 Å². The van der Waals surface area contributed by atoms with E-state index in [1.807, 2.05) is 12.1 Å². The molecule has 2 aliphatic heterocycles. The van der Waals surface area contributed by atoms with Gasteiger partial charge in [-0.3, -0.25) is 9.78 Å². The zero-order valence-corrected chi connectivity index (χ0v) is 17.5. The van der Waals surface area contributed by atoms with Crippen LogP contribution in [0.25, 0.3) is 11.4 Å². The van der Waals surface area contributed by atoms with Gasteiger partial charge in [0.15, 0.2) is 0 Å². The SMILES string of the molecule is O=C(C1CCCC1)N1CCC2(CC1)CC(Cc1nc(-c3cccnc3)no1)CCO2. The fourth-order valence-electron chi connectivity index (χ4n) is 5.41. The van der Waals surface area contributed by atoms with E-state index in [1.54, 1.807) is 12.4 Å². The molecule has 0 bridgehead atoms. The second kappa shape index (κ2) is 8.46. The largest absolute Gasteiger partial charge is 0.375 e. The monoisotopic (exact) mass is 410 g/mol. The van der Waals surface area contributed by atoms with E-state index in [4.69, 9.17) is 9.26 Å². The lowest BCUT2D eigenvalue weighted by atomic mass is 9.78. The topological polar surface area (TPSA) is 81.4 Å². The van der Waals surface area contributed by atoms with Crippen LogP contribution in [-0.4, -0.2) is 51.2 Å². The van der Waals surface area contributed by atoms with Crippen LogP contribution in [0.5, 0.6) is 0 Å². The zero-order chi connectivity index (χ0) is 20.4. The van der Waals surface area contributed by atoms with Gasteiger partial charge < -0.3 is 14.2 Å². The minimum atomic E-state index is -0.0957. The number of hydrogen-bond acceptors (Lipinski definition) is 6. The van der Waals surface area contributed by atoms with Gasteiger partial charge in [0.1, 0.15) is 0 Å². The van der Waals surface area contributed by atoms with Crippen molar-refractivity contribution in [1.82, 2.24) is 20.0 Å². The third kappa shape index (κ3) is 4.13. The van der Waals surface area contributed by atoms with Gasteiger partial charge >= 0.3 is 0 Å². The van der Waals surface area contributed by atoms with Gasteiger partial charge in [0, 0.05) is 50.0 Å². The molecule has 1 aliphatic carbocycles. The second-order valence-electron chi connectivity index (χ2n) is 9.15. The number of carbonyl (C=O) groups excluding carboxylic acids is 1. The van der Waals surface area contributed by atoms with Crippen molar-refractivity contribution in [2.75, 3.05) is 19.7 Å². The van der Waals surface area contributed by atoms with Crippen LogP contribution in [-0.2, 0) is 16.0 Å². The fourth-order valence-corrected chi connectivity index (χ4v) is 5.41. The number of carbonyl (C=O) groups is 1. The summed E-state index contributed by atoms with van der Waals surface area (Å²) in [5.41, 5.74) is 0.775. The summed E-state index contributed by atoms with van der Waals surface area (Å²) in [4.78, 5) is 23.5. The number of piperidine rings is 1. The molecule has 1 unspecified atom stereocenters. The van der Waals surface area contributed by atoms with Gasteiger partial charge in [-0.2, -0.15) is 4.98 Å². The third-order valence-electron chi connectivity index (χ3n) is 7.14. The summed E-state index contributed by atoms with van der Waals surface area (Å²) >= 11 is 0. The highest BCUT2D eigenvalue weighted by Gasteiger charge is 2.42. The van der Waals surface area contributed by atoms with Gasteiger partial charge in [-0.15, -0.1) is 0 Å². The van der Waals surface area contributed by atoms with Crippen molar-refractivity contribution in [2.24, 2.45) is 11.8 Å². The predicted octanol–water partition coefficient (Wildman–Crippen LogP) is 3.65. The fraction of sp³-hybridized carbons (Fsp3) is 0.652. The number of likely N-dealkylation sites (tertiary alicyclic amines) is 1. The Morgan fingerprint density at radius 1 is 1.20 bits per heavy atom. The Morgan fingerprint density at radius 2 is 2.03 bits per heavy atom. The molecule has 1 saturated carbocycles. The van der Waals surface area contributed by atoms with E-state index >= 15 is 0 Å². The first-order valence-electron chi connectivity index (χ1n) is 11.4. The Labute approximate surface area is 177 Å². The van der Waals surface area contributed by atoms with Crippen molar-refractivity contribution in [1.29, 1.82) is 0 Å². The molecule has 1 spiro atoms. The van der Waals surface area contributed by atoms with E-state index in [9.17, 15) is 4.79 Å². The number of rotatable bonds is 4. The maximum Gasteiger partial charge on any atom is 0.227 e. The van der Waals surface area contributed by atoms with Crippen LogP contribution >= 0.6 is 0 Å². The van der Waals surface area contributed by atoms with Crippen LogP contribution in [0.3, 0.4) is 0 Å². The van der Waals surface area contributed by atoms with E-state index in [2.05, 4.69) is 20.0 Å². The van der Waals surface area contributed by atoms with E-state index in [1.165, 1.54) is 12.8 Å². The van der Waals surface area contributed by atoms with Crippen molar-refractivity contribution in [3.05, 3.63) is 30.4 Å². The van der Waals surface area contributed by atoms with Gasteiger partial charge in [0.2, 0.25) is 17.6 Å². The molecule has 3 fully saturated rings. The van der Waals surface area contributed by atoms with Crippen LogP contribution in [0.4, 0.5) is 0 Å². The van der Waals surface area contributed by atoms with Crippen molar-refractivity contribution in [3.63, 3.8) is 0 Å². The molecule has 0 radical (unpaired) electrons. The average Bonchev–Trinajstić information content (AvgIpc) is 3.47. The molecule has 1 amide bonds. The zero-order valence-electron chi connectivity index (χ0n) is 17.5. The van der Waals surface area contributed by atoms with Crippen LogP contribution in [0.2, 0.25) is 0 Å². The van der Waals surface area contributed by atoms with Crippen molar-refractivity contribution in [3.8, 4) is 11.4 Å². The molecule has 2 aromatic rings. The van der Waals surface area contributed by atoms with E-state index in [0.29, 0.717) is 23.5 Å². The number of ether oxygens (including phenoxy) is 1. The van der Waals surface area contributed by atoms with Gasteiger partial charge in [0.25, 0.3) is 0 Å². The first-order chi connectivity index (χ1) is 14.7. The van der Waals surface area contributed by atoms with Crippen LogP contribution in [0, 0.1) is 11.8 Å². The summed E-state index contributed by atoms with van der Waals surface area (Å²) in [6.45, 7) is 2.42. The molecule has 30 heavy (non-hydrogen) atoms. The molecular formula is C23H30N4O3. The molecule has 7 heteroatoms. The Morgan fingerprint density at radius 3 is 2.80 bits per heavy atom. The lowest BCUT2D eigenvalue weighted by Crippen LogP contribution is -2.51. The summed E-state index contributed by atoms with van der Waals surface area (Å²) in [7, 11) is 0. The summed E-state index contributed by atoms with van der Waals surface area (Å²) in [5.74, 6) is 2.40. The van der Waals surface area contributed by atoms with Crippen LogP contribution in [0.15, 0.2) is 29.0 Å². The lowest BCUT2D eigenvalue weighted by molar-refractivity contribution is -0.150. The van der Waals surface area contributed by atoms with Crippen molar-refractivity contribution in [2.45, 2.75) is 63.4 Å². The Bertz CT molecular complexity index is 854. The molecule has 160 valence electrons. The molecule has 5 rings (SSSR count). The molecule has 0 aromatic carbocycles. The highest BCUT2D eigenvalue weighted by molar-refractivity contribution is 5.79. The number of amides is 1. The molecule has 4 heterocycles. The molecule has 2 saturated heterocycles. The standard InChI is InChI=1S/C23H30N4O3/c28-22(18-4-1-2-5-18)27-11-8-23(9-12-27)15-17(7-13-29-23)14-20-25-21(26-30-20)19-6-3-10-24-16-19/h3,6,10,16-18H,1-2,4-5,7-9,11-15H2. The smallest absolute Gasteiger partial charge is 0.227 e. The Kier molecular flexibility index (Phi) is 5.54. The minimum absolute atomic E-state index is 0.0957. The highest BCUT2D eigenvalue weighted by atomic mass is 16.5. The number of pyridine rings is 1. The number of aromatic nitrogens is 3. The van der Waals surface area contributed by atoms with Crippen LogP contribution in [0.1, 0.15) is 57.3 Å². The van der Waals surface area contributed by atoms with Crippen molar-refractivity contribution >= 4 is 5.91 Å². The maximum atomic E-state index is 12.7. The first kappa shape index (κ1) is 19.7. The molecule has 0 N–H and O–H groups in total. The van der Waals surface area contributed by atoms with Gasteiger partial charge in [0.05, 0.1) is 5.60 Å². The number of hydrogen-bond donors (Lipinski definition) is 0. The maximum absolute atomic E-state index is 12.7. The normalized spacial score (nSPS) is 24.4. The quantitative estimate of drug-likeness (QED) is 0.765. The molecule has 3 aliphatic rings. The molecular weight excluding hydrogens is 380 g/mol. The van der Waals surface area contributed by atoms with E-state index in [-0.39, 0.29) is 11.5 Å². The first-order valence-corrected chi connectivity index (χ1v) is 11.4. The Balaban J connectivity index is 1.18. The molecule has 1 atom stereocenters. The van der Waals surface area contributed by atoms with Gasteiger partial charge in [-0.05, 0) is 56.6 Å².